The van der Waals surface area contributed by atoms with Crippen LogP contribution in [0.25, 0.3) is 0 Å². The average Bonchev–Trinajstić information content (AvgIpc) is 1.61. The van der Waals surface area contributed by atoms with Gasteiger partial charge in [-0.2, -0.15) is 0 Å². The number of hydrogen-bond donors (Lipinski definition) is 6. The van der Waals surface area contributed by atoms with Crippen LogP contribution in [-0.4, -0.2) is 180 Å². The predicted octanol–water partition coefficient (Wildman–Crippen LogP) is 8.55. The molecule has 10 atom stereocenters. The van der Waals surface area contributed by atoms with Crippen molar-refractivity contribution >= 4 is 82.4 Å². The van der Waals surface area contributed by atoms with Crippen LogP contribution in [-0.2, 0) is 75.2 Å². The van der Waals surface area contributed by atoms with E-state index in [-0.39, 0.29) is 67.6 Å². The number of nitrogens with zero attached hydrogens (tertiary/aromatic N) is 3. The van der Waals surface area contributed by atoms with Crippen molar-refractivity contribution in [2.24, 2.45) is 29.6 Å². The molecular weight excluding hydrogens is 1250 g/mol. The van der Waals surface area contributed by atoms with E-state index >= 15 is 0 Å². The second-order valence-electron chi connectivity index (χ2n) is 26.8. The molecule has 1 heterocycles. The number of unbranched alkanes of at least 4 members (excludes halogenated alkanes) is 2. The van der Waals surface area contributed by atoms with Gasteiger partial charge in [-0.05, 0) is 85.6 Å². The molecule has 23 nitrogen and oxygen atoms in total. The van der Waals surface area contributed by atoms with Gasteiger partial charge in [0.1, 0.15) is 24.7 Å². The lowest BCUT2D eigenvalue weighted by molar-refractivity contribution is -0.147. The van der Waals surface area contributed by atoms with E-state index in [1.165, 1.54) is 58.3 Å². The van der Waals surface area contributed by atoms with Gasteiger partial charge < -0.3 is 55.7 Å². The summed E-state index contributed by atoms with van der Waals surface area (Å²) in [4.78, 5) is 152. The SMILES string of the molecule is CC[C@H](C)[C@@H]([C@@H](CC(=O)N1CCC[C@H]1[C@H](OC)[C@@H](C)C(=O)N[C@@H](Cc1ccccc1)C(=O)O)OC)N(C)C(=O)CNC(=O)C(C(C)C)N(C)C(=O)OCc1ccc(NC(=O)CNC(=O)C(NC(=O)CCCCCC2C(=O)C=C(SC3CCCCCCCCC3)C2=O)C(C)C)cc1. The van der Waals surface area contributed by atoms with Crippen molar-refractivity contribution in [3.63, 3.8) is 0 Å². The number of rotatable bonds is 36. The maximum Gasteiger partial charge on any atom is 0.410 e. The van der Waals surface area contributed by atoms with Crippen LogP contribution in [0.2, 0.25) is 0 Å². The molecule has 24 heteroatoms. The summed E-state index contributed by atoms with van der Waals surface area (Å²) in [6.45, 7) is 12.0. The number of carbonyl (C=O) groups excluding carboxylic acids is 10. The van der Waals surface area contributed by atoms with Crippen LogP contribution in [0.1, 0.15) is 175 Å². The van der Waals surface area contributed by atoms with Crippen LogP contribution in [0, 0.1) is 29.6 Å². The molecular formula is C72H108N8O15S. The molecule has 532 valence electrons. The molecule has 2 aliphatic carbocycles. The molecule has 2 fully saturated rings. The highest BCUT2D eigenvalue weighted by Gasteiger charge is 2.43. The molecule has 0 radical (unpaired) electrons. The summed E-state index contributed by atoms with van der Waals surface area (Å²) in [5.74, 6) is -6.92. The number of anilines is 1. The first kappa shape index (κ1) is 79.5. The maximum atomic E-state index is 14.3. The number of aliphatic carboxylic acids is 1. The first-order valence-corrected chi connectivity index (χ1v) is 35.5. The second kappa shape index (κ2) is 40.5. The summed E-state index contributed by atoms with van der Waals surface area (Å²) in [6, 6.07) is 11.2. The van der Waals surface area contributed by atoms with E-state index in [1.807, 2.05) is 19.9 Å². The number of likely N-dealkylation sites (tertiary alicyclic amines) is 1. The van der Waals surface area contributed by atoms with Crippen molar-refractivity contribution < 1.29 is 72.1 Å². The fraction of sp³-hybridized carbons (Fsp3) is 0.653. The molecule has 1 saturated carbocycles. The molecule has 3 unspecified atom stereocenters. The Bertz CT molecular complexity index is 2940. The Hall–Kier alpha value is -7.18. The first-order valence-electron chi connectivity index (χ1n) is 34.6. The van der Waals surface area contributed by atoms with Gasteiger partial charge in [-0.1, -0.05) is 155 Å². The number of ether oxygens (including phenoxy) is 3. The van der Waals surface area contributed by atoms with Gasteiger partial charge in [-0.3, -0.25) is 48.1 Å². The van der Waals surface area contributed by atoms with Crippen LogP contribution in [0.4, 0.5) is 10.5 Å². The Morgan fingerprint density at radius 2 is 1.34 bits per heavy atom. The van der Waals surface area contributed by atoms with Gasteiger partial charge in [0.2, 0.25) is 41.4 Å². The molecule has 8 amide bonds. The number of carboxylic acid groups (broad SMARTS) is 1. The van der Waals surface area contributed by atoms with Crippen LogP contribution < -0.4 is 26.6 Å². The standard InChI is InChI=1S/C72H108N8O15S/c1-12-47(6)65(57(93-10)41-61(84)80-38-26-32-55(80)67(94-11)48(7)68(87)76-54(71(90)91)39-49-27-20-18-21-28-49)78(8)62(85)43-74-70(89)64(46(4)5)79(9)72(92)95-44-50-34-36-51(37-35-50)75-60(83)42-73-69(88)63(45(2)3)77-59(82)33-25-19-24-31-53-56(81)40-58(66(53)86)96-52-29-22-16-14-13-15-17-23-30-52/h18,20-21,27-28,34-37,40,45-48,52-55,57,63-65,67H,12-17,19,22-26,29-33,38-39,41-44H2,1-11H3,(H,73,88)(H,74,89)(H,75,83)(H,76,87)(H,77,82)(H,90,91)/t47-,48+,53?,54-,55-,57+,63?,64?,65-,67+/m0/s1. The molecule has 3 aliphatic rings. The Kier molecular flexibility index (Phi) is 33.6. The number of carboxylic acids is 1. The summed E-state index contributed by atoms with van der Waals surface area (Å²) in [5.41, 5.74) is 1.71. The summed E-state index contributed by atoms with van der Waals surface area (Å²) >= 11 is 1.60. The van der Waals surface area contributed by atoms with Crippen LogP contribution >= 0.6 is 11.8 Å². The number of ketones is 2. The second-order valence-corrected chi connectivity index (χ2v) is 28.1. The van der Waals surface area contributed by atoms with Gasteiger partial charge >= 0.3 is 12.1 Å². The minimum Gasteiger partial charge on any atom is -0.480 e. The zero-order chi connectivity index (χ0) is 70.6. The Labute approximate surface area is 572 Å². The number of nitrogens with one attached hydrogen (secondary N) is 5. The topological polar surface area (TPSA) is 306 Å². The minimum atomic E-state index is -1.18. The van der Waals surface area contributed by atoms with Crippen LogP contribution in [0.5, 0.6) is 0 Å². The highest BCUT2D eigenvalue weighted by molar-refractivity contribution is 8.04. The molecule has 0 bridgehead atoms. The first-order chi connectivity index (χ1) is 45.8. The van der Waals surface area contributed by atoms with E-state index in [0.29, 0.717) is 72.9 Å². The predicted molar refractivity (Wildman–Crippen MR) is 368 cm³/mol. The largest absolute Gasteiger partial charge is 0.480 e. The molecule has 0 spiro atoms. The van der Waals surface area contributed by atoms with Crippen molar-refractivity contribution in [3.8, 4) is 0 Å². The van der Waals surface area contributed by atoms with E-state index in [2.05, 4.69) is 26.6 Å². The lowest BCUT2D eigenvalue weighted by Crippen LogP contribution is -2.56. The van der Waals surface area contributed by atoms with Crippen LogP contribution in [0.15, 0.2) is 65.6 Å². The number of amides is 8. The van der Waals surface area contributed by atoms with E-state index in [1.54, 1.807) is 113 Å². The van der Waals surface area contributed by atoms with Gasteiger partial charge in [-0.15, -0.1) is 11.8 Å². The third-order valence-electron chi connectivity index (χ3n) is 18.9. The number of likely N-dealkylation sites (N-methyl/N-ethyl adjacent to an activating group) is 2. The number of carbonyl (C=O) groups is 11. The van der Waals surface area contributed by atoms with Crippen molar-refractivity contribution in [1.29, 1.82) is 0 Å². The number of hydrogen-bond acceptors (Lipinski definition) is 15. The van der Waals surface area contributed by atoms with Gasteiger partial charge in [0.05, 0.1) is 60.5 Å². The van der Waals surface area contributed by atoms with Gasteiger partial charge in [0.25, 0.3) is 0 Å². The molecule has 96 heavy (non-hydrogen) atoms. The molecule has 2 aromatic rings. The lowest BCUT2D eigenvalue weighted by Gasteiger charge is -2.39. The van der Waals surface area contributed by atoms with Crippen molar-refractivity contribution in [3.05, 3.63) is 76.7 Å². The Balaban J connectivity index is 1.03. The number of allylic oxidation sites excluding steroid dienone is 2. The third kappa shape index (κ3) is 24.4. The fourth-order valence-electron chi connectivity index (χ4n) is 13.2. The molecule has 5 rings (SSSR count). The molecule has 1 saturated heterocycles. The smallest absolute Gasteiger partial charge is 0.410 e. The number of benzene rings is 2. The quantitative estimate of drug-likeness (QED) is 0.0275. The van der Waals surface area contributed by atoms with Gasteiger partial charge in [-0.25, -0.2) is 9.59 Å². The number of thioether (sulfide) groups is 1. The van der Waals surface area contributed by atoms with E-state index in [9.17, 15) is 57.8 Å². The monoisotopic (exact) mass is 1360 g/mol. The van der Waals surface area contributed by atoms with E-state index < -0.39 is 108 Å². The van der Waals surface area contributed by atoms with Crippen LogP contribution in [0.3, 0.4) is 0 Å². The zero-order valence-electron chi connectivity index (χ0n) is 58.5. The molecule has 6 N–H and O–H groups in total. The molecule has 2 aromatic carbocycles. The molecule has 0 aromatic heterocycles. The van der Waals surface area contributed by atoms with Crippen molar-refractivity contribution in [2.45, 2.75) is 225 Å². The zero-order valence-corrected chi connectivity index (χ0v) is 59.3. The lowest BCUT2D eigenvalue weighted by atomic mass is 9.90. The summed E-state index contributed by atoms with van der Waals surface area (Å²) in [7, 11) is 5.94. The summed E-state index contributed by atoms with van der Waals surface area (Å²) in [6.07, 6.45) is 14.0. The molecule has 1 aliphatic heterocycles. The number of Topliss-reactive ketones (excluding diaryl/α,β-unsaturated/α-hetero) is 1. The number of methoxy groups -OCH3 is 2. The van der Waals surface area contributed by atoms with Gasteiger partial charge in [0.15, 0.2) is 11.6 Å². The van der Waals surface area contributed by atoms with Gasteiger partial charge in [0, 0.05) is 58.6 Å². The normalized spacial score (nSPS) is 18.8. The minimum absolute atomic E-state index is 0.0673. The highest BCUT2D eigenvalue weighted by Crippen LogP contribution is 2.37. The maximum absolute atomic E-state index is 14.3. The average molecular weight is 1360 g/mol. The Morgan fingerprint density at radius 1 is 0.698 bits per heavy atom. The van der Waals surface area contributed by atoms with Crippen molar-refractivity contribution in [2.75, 3.05) is 53.3 Å². The third-order valence-corrected chi connectivity index (χ3v) is 20.3. The Morgan fingerprint density at radius 3 is 1.95 bits per heavy atom. The van der Waals surface area contributed by atoms with E-state index in [0.717, 1.165) is 36.1 Å². The fourth-order valence-corrected chi connectivity index (χ4v) is 14.5. The highest BCUT2D eigenvalue weighted by atomic mass is 32.2. The van der Waals surface area contributed by atoms with Crippen molar-refractivity contribution in [1.82, 2.24) is 36.0 Å². The summed E-state index contributed by atoms with van der Waals surface area (Å²) in [5, 5.41) is 23.8. The summed E-state index contributed by atoms with van der Waals surface area (Å²) < 4.78 is 17.5. The van der Waals surface area contributed by atoms with E-state index in [4.69, 9.17) is 14.2 Å².